The van der Waals surface area contributed by atoms with Crippen LogP contribution in [-0.4, -0.2) is 62.2 Å². The Balaban J connectivity index is 1.67. The van der Waals surface area contributed by atoms with Crippen LogP contribution in [0, 0.1) is 31.8 Å². The summed E-state index contributed by atoms with van der Waals surface area (Å²) in [6.45, 7) is 18.5. The Morgan fingerprint density at radius 1 is 1.11 bits per heavy atom. The first-order valence-corrected chi connectivity index (χ1v) is 14.8. The molecule has 1 N–H and O–H groups in total. The van der Waals surface area contributed by atoms with Crippen LogP contribution in [0.1, 0.15) is 57.5 Å². The number of nitrogens with zero attached hydrogens (tertiary/aromatic N) is 5. The first-order chi connectivity index (χ1) is 21.1. The highest BCUT2D eigenvalue weighted by molar-refractivity contribution is 7.17. The van der Waals surface area contributed by atoms with Crippen LogP contribution >= 0.6 is 11.3 Å². The van der Waals surface area contributed by atoms with Crippen molar-refractivity contribution in [3.05, 3.63) is 81.0 Å². The van der Waals surface area contributed by atoms with E-state index in [1.807, 2.05) is 45.9 Å². The van der Waals surface area contributed by atoms with Gasteiger partial charge in [0.15, 0.2) is 0 Å². The zero-order valence-electron chi connectivity index (χ0n) is 25.4. The van der Waals surface area contributed by atoms with Gasteiger partial charge >= 0.3 is 11.9 Å². The average Bonchev–Trinajstić information content (AvgIpc) is 3.33. The maximum absolute atomic E-state index is 12.5. The highest BCUT2D eigenvalue weighted by Crippen LogP contribution is 2.42. The first kappa shape index (κ1) is 33.9. The molecule has 3 aromatic rings. The number of benzene rings is 2. The maximum atomic E-state index is 12.5. The number of anilines is 1. The molecule has 1 unspecified atom stereocenters. The summed E-state index contributed by atoms with van der Waals surface area (Å²) >= 11 is 1.15. The smallest absolute Gasteiger partial charge is 0.339 e. The minimum atomic E-state index is -1.20. The van der Waals surface area contributed by atoms with Gasteiger partial charge in [0, 0.05) is 18.8 Å². The van der Waals surface area contributed by atoms with Crippen molar-refractivity contribution in [2.24, 2.45) is 10.2 Å². The summed E-state index contributed by atoms with van der Waals surface area (Å²) < 4.78 is 17.2. The Bertz CT molecular complexity index is 1590. The zero-order valence-corrected chi connectivity index (χ0v) is 26.2. The van der Waals surface area contributed by atoms with E-state index in [1.165, 1.54) is 12.1 Å². The van der Waals surface area contributed by atoms with Gasteiger partial charge in [0.1, 0.15) is 17.7 Å². The fourth-order valence-corrected chi connectivity index (χ4v) is 5.10. The second-order valence-corrected chi connectivity index (χ2v) is 11.0. The largest absolute Gasteiger partial charge is 0.478 e. The lowest BCUT2D eigenvalue weighted by Crippen LogP contribution is -2.38. The zero-order chi connectivity index (χ0) is 32.2. The van der Waals surface area contributed by atoms with Crippen LogP contribution in [0.15, 0.2) is 52.7 Å². The molecule has 44 heavy (non-hydrogen) atoms. The molecule has 1 heterocycles. The van der Waals surface area contributed by atoms with Crippen LogP contribution in [0.2, 0.25) is 0 Å². The fourth-order valence-electron chi connectivity index (χ4n) is 4.23. The van der Waals surface area contributed by atoms with Crippen molar-refractivity contribution in [2.45, 2.75) is 46.8 Å². The fraction of sp³-hybridized carbons (Fsp3) is 0.375. The Morgan fingerprint density at radius 2 is 1.84 bits per heavy atom. The van der Waals surface area contributed by atoms with Gasteiger partial charge in [-0.2, -0.15) is 15.5 Å². The Hall–Kier alpha value is -4.62. The second-order valence-electron chi connectivity index (χ2n) is 10.0. The van der Waals surface area contributed by atoms with E-state index in [0.29, 0.717) is 46.5 Å². The number of ether oxygens (including phenoxy) is 3. The van der Waals surface area contributed by atoms with Crippen LogP contribution in [0.25, 0.3) is 4.85 Å². The molecule has 0 spiro atoms. The number of aromatic carboxylic acids is 1. The Morgan fingerprint density at radius 3 is 2.45 bits per heavy atom. The van der Waals surface area contributed by atoms with Crippen LogP contribution in [0.3, 0.4) is 0 Å². The summed E-state index contributed by atoms with van der Waals surface area (Å²) in [5, 5.41) is 27.7. The number of carbonyl (C=O) groups is 2. The predicted octanol–water partition coefficient (Wildman–Crippen LogP) is 7.39. The average molecular weight is 618 g/mol. The summed E-state index contributed by atoms with van der Waals surface area (Å²) in [4.78, 5) is 30.0. The Kier molecular flexibility index (Phi) is 12.5. The van der Waals surface area contributed by atoms with Crippen molar-refractivity contribution >= 4 is 45.3 Å². The van der Waals surface area contributed by atoms with Gasteiger partial charge in [-0.25, -0.2) is 14.4 Å². The van der Waals surface area contributed by atoms with Gasteiger partial charge in [0.05, 0.1) is 53.7 Å². The summed E-state index contributed by atoms with van der Waals surface area (Å²) in [6, 6.07) is 13.8. The number of carboxylic acid groups (broad SMARTS) is 1. The molecule has 0 amide bonds. The number of azo groups is 1. The molecule has 0 saturated carbocycles. The summed E-state index contributed by atoms with van der Waals surface area (Å²) in [6.07, 6.45) is -0.348. The molecule has 0 bridgehead atoms. The molecule has 2 aromatic carbocycles. The van der Waals surface area contributed by atoms with E-state index in [0.717, 1.165) is 22.6 Å². The number of thiophene rings is 1. The number of aryl methyl sites for hydroxylation is 1. The number of nitriles is 1. The number of likely N-dealkylation sites (N-methyl/N-ethyl adjacent to an activating group) is 1. The molecule has 0 aliphatic carbocycles. The summed E-state index contributed by atoms with van der Waals surface area (Å²) in [7, 11) is 0. The van der Waals surface area contributed by atoms with E-state index >= 15 is 0 Å². The second kappa shape index (κ2) is 16.3. The SMILES string of the molecule is [C-]#[N+]c1c(N=Nc2ccc(N(CC)CC(COC(C)C)OCCOC(=O)c3ccccc3C(=O)O)cc2C)sc(C#N)c1C. The van der Waals surface area contributed by atoms with Gasteiger partial charge in [-0.15, -0.1) is 11.3 Å². The highest BCUT2D eigenvalue weighted by atomic mass is 32.1. The third-order valence-corrected chi connectivity index (χ3v) is 7.64. The van der Waals surface area contributed by atoms with Gasteiger partial charge in [0.2, 0.25) is 5.69 Å². The van der Waals surface area contributed by atoms with Crippen molar-refractivity contribution in [1.82, 2.24) is 0 Å². The van der Waals surface area contributed by atoms with E-state index in [2.05, 4.69) is 26.0 Å². The first-order valence-electron chi connectivity index (χ1n) is 14.0. The lowest BCUT2D eigenvalue weighted by molar-refractivity contribution is -0.0431. The Labute approximate surface area is 261 Å². The van der Waals surface area contributed by atoms with E-state index in [9.17, 15) is 20.0 Å². The van der Waals surface area contributed by atoms with Gasteiger partial charge in [-0.3, -0.25) is 0 Å². The number of esters is 1. The molecule has 1 atom stereocenters. The van der Waals surface area contributed by atoms with Gasteiger partial charge < -0.3 is 24.2 Å². The third kappa shape index (κ3) is 8.94. The molecule has 230 valence electrons. The summed E-state index contributed by atoms with van der Waals surface area (Å²) in [5.41, 5.74) is 3.30. The van der Waals surface area contributed by atoms with Crippen LogP contribution in [-0.2, 0) is 14.2 Å². The third-order valence-electron chi connectivity index (χ3n) is 6.57. The lowest BCUT2D eigenvalue weighted by Gasteiger charge is -2.29. The standard InChI is InChI=1S/C32H35N5O6S/c1-7-37(23-12-13-27(21(4)16-23)35-36-30-29(34-6)22(5)28(17-33)44-30)18-24(19-43-20(2)3)41-14-15-42-32(40)26-11-9-8-10-25(26)31(38)39/h8-13,16,20,24H,7,14-15,18-19H2,1-5H3,(H,38,39). The quantitative estimate of drug-likeness (QED) is 0.0806. The monoisotopic (exact) mass is 617 g/mol. The predicted molar refractivity (Wildman–Crippen MR) is 168 cm³/mol. The van der Waals surface area contributed by atoms with Crippen LogP contribution < -0.4 is 4.90 Å². The molecule has 3 rings (SSSR count). The number of rotatable bonds is 15. The molecule has 1 aromatic heterocycles. The highest BCUT2D eigenvalue weighted by Gasteiger charge is 2.20. The molecule has 0 radical (unpaired) electrons. The minimum absolute atomic E-state index is 0.00634. The van der Waals surface area contributed by atoms with Gasteiger partial charge in [0.25, 0.3) is 0 Å². The number of hydrogen-bond acceptors (Lipinski definition) is 10. The minimum Gasteiger partial charge on any atom is -0.478 e. The maximum Gasteiger partial charge on any atom is 0.339 e. The van der Waals surface area contributed by atoms with Crippen LogP contribution in [0.4, 0.5) is 22.1 Å². The van der Waals surface area contributed by atoms with Crippen molar-refractivity contribution in [1.29, 1.82) is 5.26 Å². The molecule has 0 fully saturated rings. The van der Waals surface area contributed by atoms with E-state index < -0.39 is 11.9 Å². The number of carboxylic acids is 1. The van der Waals surface area contributed by atoms with Crippen molar-refractivity contribution in [2.75, 3.05) is 37.8 Å². The van der Waals surface area contributed by atoms with E-state index in [4.69, 9.17) is 20.8 Å². The molecule has 0 aliphatic heterocycles. The van der Waals surface area contributed by atoms with Crippen molar-refractivity contribution in [3.63, 3.8) is 0 Å². The molecule has 11 nitrogen and oxygen atoms in total. The topological polar surface area (TPSA) is 138 Å². The summed E-state index contributed by atoms with van der Waals surface area (Å²) in [5.74, 6) is -1.93. The molecule has 12 heteroatoms. The normalized spacial score (nSPS) is 11.7. The van der Waals surface area contributed by atoms with Gasteiger partial charge in [-0.1, -0.05) is 12.1 Å². The van der Waals surface area contributed by atoms with E-state index in [-0.39, 0.29) is 36.5 Å². The van der Waals surface area contributed by atoms with Crippen molar-refractivity contribution in [3.8, 4) is 6.07 Å². The molecular weight excluding hydrogens is 582 g/mol. The van der Waals surface area contributed by atoms with E-state index in [1.54, 1.807) is 19.1 Å². The number of hydrogen-bond donors (Lipinski definition) is 1. The number of carbonyl (C=O) groups excluding carboxylic acids is 1. The molecule has 0 aliphatic rings. The van der Waals surface area contributed by atoms with Crippen LogP contribution in [0.5, 0.6) is 0 Å². The molecule has 0 saturated heterocycles. The van der Waals surface area contributed by atoms with Crippen molar-refractivity contribution < 1.29 is 28.9 Å². The van der Waals surface area contributed by atoms with Gasteiger partial charge in [-0.05, 0) is 76.1 Å². The lowest BCUT2D eigenvalue weighted by atomic mass is 10.1. The molecular formula is C32H35N5O6S.